The average Bonchev–Trinajstić information content (AvgIpc) is 3.35. The molecule has 0 unspecified atom stereocenters. The molecule has 9 heteroatoms. The molecule has 0 radical (unpaired) electrons. The quantitative estimate of drug-likeness (QED) is 0.429. The van der Waals surface area contributed by atoms with Gasteiger partial charge in [-0.15, -0.1) is 0 Å². The number of esters is 1. The molecule has 1 saturated carbocycles. The first-order valence-corrected chi connectivity index (χ1v) is 12.5. The molecule has 3 aromatic rings. The fourth-order valence-electron chi connectivity index (χ4n) is 3.93. The molecule has 34 heavy (non-hydrogen) atoms. The zero-order valence-corrected chi connectivity index (χ0v) is 19.3. The molecule has 1 amide bonds. The van der Waals surface area contributed by atoms with Gasteiger partial charge in [0.15, 0.2) is 6.61 Å². The Morgan fingerprint density at radius 2 is 1.71 bits per heavy atom. The maximum atomic E-state index is 12.4. The summed E-state index contributed by atoms with van der Waals surface area (Å²) in [6.07, 6.45) is 4.58. The molecule has 1 aliphatic carbocycles. The lowest BCUT2D eigenvalue weighted by Gasteiger charge is -2.42. The van der Waals surface area contributed by atoms with Gasteiger partial charge in [0.05, 0.1) is 23.3 Å². The van der Waals surface area contributed by atoms with Crippen molar-refractivity contribution in [3.63, 3.8) is 0 Å². The lowest BCUT2D eigenvalue weighted by Crippen LogP contribution is -2.46. The predicted octanol–water partition coefficient (Wildman–Crippen LogP) is 3.15. The highest BCUT2D eigenvalue weighted by Crippen LogP contribution is 2.43. The van der Waals surface area contributed by atoms with E-state index in [-0.39, 0.29) is 28.3 Å². The van der Waals surface area contributed by atoms with Gasteiger partial charge in [-0.1, -0.05) is 36.8 Å². The summed E-state index contributed by atoms with van der Waals surface area (Å²) >= 11 is 0. The molecule has 1 aliphatic rings. The SMILES string of the molecule is O=C(COC(=O)c1ccc(S(=O)(=O)NCc2ccco2)cc1)NCC1(c2ccccc2)CCC1. The van der Waals surface area contributed by atoms with Crippen LogP contribution in [0.3, 0.4) is 0 Å². The number of hydrogen-bond donors (Lipinski definition) is 2. The smallest absolute Gasteiger partial charge is 0.338 e. The molecule has 0 spiro atoms. The molecule has 4 rings (SSSR count). The number of carbonyl (C=O) groups is 2. The zero-order valence-electron chi connectivity index (χ0n) is 18.5. The third-order valence-corrected chi connectivity index (χ3v) is 7.49. The van der Waals surface area contributed by atoms with Crippen LogP contribution in [-0.2, 0) is 31.5 Å². The maximum absolute atomic E-state index is 12.4. The van der Waals surface area contributed by atoms with Crippen LogP contribution in [0.2, 0.25) is 0 Å². The van der Waals surface area contributed by atoms with Crippen LogP contribution in [0.15, 0.2) is 82.3 Å². The normalized spacial score (nSPS) is 14.7. The molecule has 1 fully saturated rings. The van der Waals surface area contributed by atoms with Crippen LogP contribution in [-0.4, -0.2) is 33.4 Å². The minimum atomic E-state index is -3.77. The van der Waals surface area contributed by atoms with E-state index in [1.807, 2.05) is 18.2 Å². The van der Waals surface area contributed by atoms with Crippen LogP contribution >= 0.6 is 0 Å². The first kappa shape index (κ1) is 23.7. The Kier molecular flexibility index (Phi) is 7.14. The second kappa shape index (κ2) is 10.2. The number of rotatable bonds is 10. The van der Waals surface area contributed by atoms with Gasteiger partial charge in [-0.25, -0.2) is 17.9 Å². The van der Waals surface area contributed by atoms with Gasteiger partial charge in [0.1, 0.15) is 5.76 Å². The van der Waals surface area contributed by atoms with E-state index in [2.05, 4.69) is 22.2 Å². The molecule has 1 aromatic heterocycles. The number of hydrogen-bond acceptors (Lipinski definition) is 6. The number of benzene rings is 2. The Morgan fingerprint density at radius 3 is 2.32 bits per heavy atom. The number of amides is 1. The average molecular weight is 483 g/mol. The van der Waals surface area contributed by atoms with Gasteiger partial charge < -0.3 is 14.5 Å². The Morgan fingerprint density at radius 1 is 0.971 bits per heavy atom. The van der Waals surface area contributed by atoms with Gasteiger partial charge in [-0.3, -0.25) is 4.79 Å². The summed E-state index contributed by atoms with van der Waals surface area (Å²) in [6, 6.07) is 18.7. The van der Waals surface area contributed by atoms with E-state index in [1.165, 1.54) is 36.1 Å². The van der Waals surface area contributed by atoms with Gasteiger partial charge in [0.2, 0.25) is 10.0 Å². The van der Waals surface area contributed by atoms with Crippen molar-refractivity contribution in [1.82, 2.24) is 10.0 Å². The fourth-order valence-corrected chi connectivity index (χ4v) is 4.92. The van der Waals surface area contributed by atoms with E-state index in [4.69, 9.17) is 9.15 Å². The van der Waals surface area contributed by atoms with Crippen molar-refractivity contribution in [2.75, 3.05) is 13.2 Å². The number of ether oxygens (including phenoxy) is 1. The van der Waals surface area contributed by atoms with Gasteiger partial charge in [0.25, 0.3) is 5.91 Å². The summed E-state index contributed by atoms with van der Waals surface area (Å²) in [5.74, 6) is -0.602. The molecule has 0 aliphatic heterocycles. The molecule has 178 valence electrons. The second-order valence-electron chi connectivity index (χ2n) is 8.28. The van der Waals surface area contributed by atoms with Crippen molar-refractivity contribution < 1.29 is 27.2 Å². The lowest BCUT2D eigenvalue weighted by atomic mass is 9.64. The molecular formula is C25H26N2O6S. The van der Waals surface area contributed by atoms with Gasteiger partial charge in [-0.05, 0) is 54.8 Å². The van der Waals surface area contributed by atoms with Crippen molar-refractivity contribution in [1.29, 1.82) is 0 Å². The summed E-state index contributed by atoms with van der Waals surface area (Å²) in [5, 5.41) is 2.87. The van der Waals surface area contributed by atoms with Crippen LogP contribution in [0, 0.1) is 0 Å². The lowest BCUT2D eigenvalue weighted by molar-refractivity contribution is -0.124. The fraction of sp³-hybridized carbons (Fsp3) is 0.280. The van der Waals surface area contributed by atoms with Crippen LogP contribution < -0.4 is 10.0 Å². The van der Waals surface area contributed by atoms with Crippen molar-refractivity contribution in [2.24, 2.45) is 0 Å². The van der Waals surface area contributed by atoms with Crippen molar-refractivity contribution in [3.05, 3.63) is 89.9 Å². The van der Waals surface area contributed by atoms with E-state index < -0.39 is 22.6 Å². The second-order valence-corrected chi connectivity index (χ2v) is 10.0. The van der Waals surface area contributed by atoms with Crippen molar-refractivity contribution in [2.45, 2.75) is 36.1 Å². The minimum Gasteiger partial charge on any atom is -0.468 e. The zero-order chi connectivity index (χ0) is 24.0. The van der Waals surface area contributed by atoms with Crippen LogP contribution in [0.25, 0.3) is 0 Å². The van der Waals surface area contributed by atoms with E-state index >= 15 is 0 Å². The summed E-state index contributed by atoms with van der Waals surface area (Å²) in [4.78, 5) is 24.6. The van der Waals surface area contributed by atoms with E-state index in [0.717, 1.165) is 19.3 Å². The molecule has 0 bridgehead atoms. The molecular weight excluding hydrogens is 456 g/mol. The number of furan rings is 1. The third kappa shape index (κ3) is 5.55. The van der Waals surface area contributed by atoms with E-state index in [1.54, 1.807) is 12.1 Å². The summed E-state index contributed by atoms with van der Waals surface area (Å²) in [6.45, 7) is 0.0964. The Bertz CT molecular complexity index is 1220. The largest absolute Gasteiger partial charge is 0.468 e. The van der Waals surface area contributed by atoms with Gasteiger partial charge in [-0.2, -0.15) is 0 Å². The third-order valence-electron chi connectivity index (χ3n) is 6.07. The van der Waals surface area contributed by atoms with Crippen molar-refractivity contribution in [3.8, 4) is 0 Å². The molecule has 8 nitrogen and oxygen atoms in total. The Labute approximate surface area is 198 Å². The summed E-state index contributed by atoms with van der Waals surface area (Å²) in [7, 11) is -3.77. The van der Waals surface area contributed by atoms with Crippen molar-refractivity contribution >= 4 is 21.9 Å². The molecule has 0 saturated heterocycles. The van der Waals surface area contributed by atoms with Crippen LogP contribution in [0.5, 0.6) is 0 Å². The first-order valence-electron chi connectivity index (χ1n) is 11.0. The topological polar surface area (TPSA) is 115 Å². The standard InChI is InChI=1S/C25H26N2O6S/c28-23(26-18-25(13-5-14-25)20-6-2-1-3-7-20)17-33-24(29)19-9-11-22(12-10-19)34(30,31)27-16-21-8-4-15-32-21/h1-4,6-12,15,27H,5,13-14,16-18H2,(H,26,28). The number of sulfonamides is 1. The summed E-state index contributed by atoms with van der Waals surface area (Å²) in [5.41, 5.74) is 1.29. The summed E-state index contributed by atoms with van der Waals surface area (Å²) < 4.78 is 37.4. The maximum Gasteiger partial charge on any atom is 0.338 e. The first-order chi connectivity index (χ1) is 16.4. The highest BCUT2D eigenvalue weighted by Gasteiger charge is 2.38. The highest BCUT2D eigenvalue weighted by molar-refractivity contribution is 7.89. The predicted molar refractivity (Wildman–Crippen MR) is 124 cm³/mol. The van der Waals surface area contributed by atoms with Gasteiger partial charge >= 0.3 is 5.97 Å². The Hall–Kier alpha value is -3.43. The number of nitrogens with one attached hydrogen (secondary N) is 2. The molecule has 2 aromatic carbocycles. The molecule has 2 N–H and O–H groups in total. The van der Waals surface area contributed by atoms with Gasteiger partial charge in [0, 0.05) is 12.0 Å². The monoisotopic (exact) mass is 482 g/mol. The molecule has 0 atom stereocenters. The van der Waals surface area contributed by atoms with E-state index in [0.29, 0.717) is 12.3 Å². The van der Waals surface area contributed by atoms with Crippen LogP contribution in [0.1, 0.15) is 40.9 Å². The minimum absolute atomic E-state index is 0.0000534. The molecule has 1 heterocycles. The van der Waals surface area contributed by atoms with Crippen LogP contribution in [0.4, 0.5) is 0 Å². The Balaban J connectivity index is 1.26. The highest BCUT2D eigenvalue weighted by atomic mass is 32.2. The number of carbonyl (C=O) groups excluding carboxylic acids is 2. The van der Waals surface area contributed by atoms with E-state index in [9.17, 15) is 18.0 Å².